The summed E-state index contributed by atoms with van der Waals surface area (Å²) in [4.78, 5) is 19.5. The molecule has 1 aromatic heterocycles. The zero-order valence-electron chi connectivity index (χ0n) is 20.9. The van der Waals surface area contributed by atoms with E-state index in [9.17, 15) is 13.2 Å². The van der Waals surface area contributed by atoms with E-state index < -0.39 is 10.0 Å². The first-order valence-electron chi connectivity index (χ1n) is 12.5. The van der Waals surface area contributed by atoms with Crippen molar-refractivity contribution in [1.82, 2.24) is 14.6 Å². The van der Waals surface area contributed by atoms with Crippen molar-refractivity contribution in [3.05, 3.63) is 39.1 Å². The van der Waals surface area contributed by atoms with Crippen molar-refractivity contribution in [1.29, 1.82) is 0 Å². The molecule has 0 spiro atoms. The molecule has 1 unspecified atom stereocenters. The van der Waals surface area contributed by atoms with Crippen molar-refractivity contribution in [2.45, 2.75) is 75.1 Å². The van der Waals surface area contributed by atoms with E-state index in [4.69, 9.17) is 4.74 Å². The number of ether oxygens (including phenoxy) is 1. The molecule has 3 aliphatic rings. The van der Waals surface area contributed by atoms with E-state index in [2.05, 4.69) is 15.2 Å². The van der Waals surface area contributed by atoms with E-state index in [1.807, 2.05) is 0 Å². The number of nitrogens with zero attached hydrogens (tertiary/aromatic N) is 3. The second-order valence-corrected chi connectivity index (χ2v) is 11.2. The number of hydrogen-bond donors (Lipinski definition) is 1. The van der Waals surface area contributed by atoms with Crippen LogP contribution in [-0.2, 0) is 19.6 Å². The minimum absolute atomic E-state index is 0. The number of piperidine rings is 1. The van der Waals surface area contributed by atoms with Gasteiger partial charge in [0, 0.05) is 38.4 Å². The molecule has 3 heterocycles. The summed E-state index contributed by atoms with van der Waals surface area (Å²) in [6.07, 6.45) is 11.5. The lowest BCUT2D eigenvalue weighted by atomic mass is 9.90. The van der Waals surface area contributed by atoms with Crippen LogP contribution >= 0.6 is 0 Å². The summed E-state index contributed by atoms with van der Waals surface area (Å²) in [5.74, 6) is 1.76. The lowest BCUT2D eigenvalue weighted by molar-refractivity contribution is -0.120. The number of rotatable bonds is 6. The molecule has 1 saturated carbocycles. The fraction of sp³-hybridized carbons (Fsp3) is 0.654. The minimum atomic E-state index is -3.67. The fourth-order valence-electron chi connectivity index (χ4n) is 5.03. The van der Waals surface area contributed by atoms with Gasteiger partial charge in [0.2, 0.25) is 15.9 Å². The van der Waals surface area contributed by atoms with Gasteiger partial charge in [0.15, 0.2) is 0 Å². The highest BCUT2D eigenvalue weighted by Crippen LogP contribution is 2.27. The summed E-state index contributed by atoms with van der Waals surface area (Å²) in [6, 6.07) is 3.21. The molecule has 35 heavy (non-hydrogen) atoms. The Bertz CT molecular complexity index is 864. The maximum absolute atomic E-state index is 13.4. The molecule has 4 rings (SSSR count). The maximum atomic E-state index is 13.4. The van der Waals surface area contributed by atoms with E-state index in [1.165, 1.54) is 25.5 Å². The number of amides is 1. The number of morpholine rings is 1. The molecule has 195 valence electrons. The molecule has 1 N–H and O–H groups in total. The lowest BCUT2D eigenvalue weighted by Crippen LogP contribution is -2.49. The number of hydrogen-bond acceptors (Lipinski definition) is 6. The second kappa shape index (κ2) is 14.1. The second-order valence-electron chi connectivity index (χ2n) is 9.30. The molecule has 9 heteroatoms. The molecular formula is C26H41N4O4S. The third-order valence-electron chi connectivity index (χ3n) is 7.01. The van der Waals surface area contributed by atoms with Crippen molar-refractivity contribution in [3.8, 4) is 0 Å². The standard InChI is InChI=1S/C24H37N4O4S.2CH2/c29-24(20-8-4-2-1-3-5-9-20)26-18-21-10-6-7-13-28(21)33(30,31)22-11-12-23(25-19-22)27-14-16-32-17-15-27;;/h11-12,19,21H,1-10,13-18H2,(H,26,29);2*1H2. The third-order valence-corrected chi connectivity index (χ3v) is 8.95. The van der Waals surface area contributed by atoms with E-state index in [-0.39, 0.29) is 31.7 Å². The predicted octanol–water partition coefficient (Wildman–Crippen LogP) is 3.55. The highest BCUT2D eigenvalue weighted by molar-refractivity contribution is 7.89. The van der Waals surface area contributed by atoms with Gasteiger partial charge in [-0.05, 0) is 37.8 Å². The molecule has 3 fully saturated rings. The van der Waals surface area contributed by atoms with Gasteiger partial charge in [-0.2, -0.15) is 4.31 Å². The molecule has 1 amide bonds. The zero-order chi connectivity index (χ0) is 23.1. The van der Waals surface area contributed by atoms with Gasteiger partial charge < -0.3 is 15.0 Å². The Morgan fingerprint density at radius 3 is 2.31 bits per heavy atom. The fourth-order valence-corrected chi connectivity index (χ4v) is 6.67. The molecule has 1 aliphatic carbocycles. The molecular weight excluding hydrogens is 464 g/mol. The van der Waals surface area contributed by atoms with Crippen LogP contribution in [0, 0.1) is 20.8 Å². The maximum Gasteiger partial charge on any atom is 0.244 e. The predicted molar refractivity (Wildman–Crippen MR) is 138 cm³/mol. The van der Waals surface area contributed by atoms with Gasteiger partial charge in [0.25, 0.3) is 0 Å². The van der Waals surface area contributed by atoms with Crippen molar-refractivity contribution >= 4 is 21.7 Å². The molecule has 1 atom stereocenters. The highest BCUT2D eigenvalue weighted by atomic mass is 32.2. The van der Waals surface area contributed by atoms with Crippen LogP contribution in [0.2, 0.25) is 0 Å². The van der Waals surface area contributed by atoms with Crippen LogP contribution in [0.5, 0.6) is 0 Å². The van der Waals surface area contributed by atoms with Crippen LogP contribution in [-0.4, -0.2) is 69.0 Å². The number of aromatic nitrogens is 1. The summed E-state index contributed by atoms with van der Waals surface area (Å²) in [5, 5.41) is 3.06. The molecule has 5 radical (unpaired) electrons. The van der Waals surface area contributed by atoms with Crippen LogP contribution in [0.3, 0.4) is 0 Å². The number of sulfonamides is 1. The average molecular weight is 506 g/mol. The summed E-state index contributed by atoms with van der Waals surface area (Å²) >= 11 is 0. The molecule has 2 saturated heterocycles. The van der Waals surface area contributed by atoms with Crippen molar-refractivity contribution in [2.24, 2.45) is 0 Å². The van der Waals surface area contributed by atoms with Crippen LogP contribution < -0.4 is 10.2 Å². The quantitative estimate of drug-likeness (QED) is 0.636. The summed E-state index contributed by atoms with van der Waals surface area (Å²) in [6.45, 7) is 3.66. The highest BCUT2D eigenvalue weighted by Gasteiger charge is 2.34. The lowest BCUT2D eigenvalue weighted by Gasteiger charge is -2.35. The van der Waals surface area contributed by atoms with Crippen molar-refractivity contribution in [2.75, 3.05) is 44.3 Å². The number of carbonyl (C=O) groups excluding carboxylic acids is 1. The third kappa shape index (κ3) is 7.64. The molecule has 2 aliphatic heterocycles. The van der Waals surface area contributed by atoms with Gasteiger partial charge >= 0.3 is 0 Å². The molecule has 0 aromatic carbocycles. The monoisotopic (exact) mass is 505 g/mol. The van der Waals surface area contributed by atoms with Crippen LogP contribution in [0.25, 0.3) is 0 Å². The average Bonchev–Trinajstić information content (AvgIpc) is 2.83. The van der Waals surface area contributed by atoms with E-state index in [0.717, 1.165) is 69.8 Å². The molecule has 8 nitrogen and oxygen atoms in total. The van der Waals surface area contributed by atoms with Gasteiger partial charge in [-0.3, -0.25) is 4.79 Å². The normalized spacial score (nSPS) is 22.7. The van der Waals surface area contributed by atoms with Crippen LogP contribution in [0.1, 0.15) is 64.2 Å². The van der Waals surface area contributed by atoms with E-state index in [1.54, 1.807) is 16.4 Å². The SMILES string of the molecule is O=C(NCC1CCCCN1S(=O)(=O)c1ccc(N2CCOCC2)nc1)[C]1CCCCCCC1.[CH2].[CH2]. The van der Waals surface area contributed by atoms with Gasteiger partial charge in [-0.25, -0.2) is 13.4 Å². The molecule has 1 aromatic rings. The number of nitrogens with one attached hydrogen (secondary N) is 1. The smallest absolute Gasteiger partial charge is 0.244 e. The minimum Gasteiger partial charge on any atom is -0.378 e. The van der Waals surface area contributed by atoms with Gasteiger partial charge in [0.05, 0.1) is 19.1 Å². The largest absolute Gasteiger partial charge is 0.378 e. The van der Waals surface area contributed by atoms with Gasteiger partial charge in [-0.1, -0.05) is 53.4 Å². The number of anilines is 1. The van der Waals surface area contributed by atoms with Crippen molar-refractivity contribution < 1.29 is 17.9 Å². The van der Waals surface area contributed by atoms with E-state index in [0.29, 0.717) is 26.3 Å². The summed E-state index contributed by atoms with van der Waals surface area (Å²) in [5.41, 5.74) is 0. The van der Waals surface area contributed by atoms with Gasteiger partial charge in [0.1, 0.15) is 10.7 Å². The first-order valence-corrected chi connectivity index (χ1v) is 13.9. The summed E-state index contributed by atoms with van der Waals surface area (Å²) < 4.78 is 33.9. The molecule has 0 bridgehead atoms. The first kappa shape index (κ1) is 29.5. The summed E-state index contributed by atoms with van der Waals surface area (Å²) in [7, 11) is -3.67. The Kier molecular flexibility index (Phi) is 11.9. The van der Waals surface area contributed by atoms with Crippen LogP contribution in [0.4, 0.5) is 5.82 Å². The van der Waals surface area contributed by atoms with Crippen LogP contribution in [0.15, 0.2) is 23.2 Å². The Balaban J connectivity index is 0.00000216. The number of carbonyl (C=O) groups is 1. The van der Waals surface area contributed by atoms with Gasteiger partial charge in [-0.15, -0.1) is 0 Å². The topological polar surface area (TPSA) is 91.8 Å². The Morgan fingerprint density at radius 1 is 0.971 bits per heavy atom. The zero-order valence-corrected chi connectivity index (χ0v) is 21.7. The Hall–Kier alpha value is -1.71. The van der Waals surface area contributed by atoms with Crippen molar-refractivity contribution in [3.63, 3.8) is 0 Å². The Morgan fingerprint density at radius 2 is 1.66 bits per heavy atom. The number of pyridine rings is 1. The van der Waals surface area contributed by atoms with E-state index >= 15 is 0 Å². The first-order chi connectivity index (χ1) is 16.1. The Labute approximate surface area is 212 Å².